The number of halogens is 1. The van der Waals surface area contributed by atoms with Crippen molar-refractivity contribution in [1.82, 2.24) is 0 Å². The van der Waals surface area contributed by atoms with Crippen molar-refractivity contribution in [3.63, 3.8) is 0 Å². The van der Waals surface area contributed by atoms with E-state index in [4.69, 9.17) is 9.47 Å². The highest BCUT2D eigenvalue weighted by atomic mass is 19.1. The van der Waals surface area contributed by atoms with E-state index >= 15 is 0 Å². The summed E-state index contributed by atoms with van der Waals surface area (Å²) >= 11 is 0. The van der Waals surface area contributed by atoms with Gasteiger partial charge in [0.1, 0.15) is 17.3 Å². The number of carbonyl (C=O) groups excluding carboxylic acids is 2. The van der Waals surface area contributed by atoms with Crippen LogP contribution in [0.1, 0.15) is 13.8 Å². The summed E-state index contributed by atoms with van der Waals surface area (Å²) in [5.74, 6) is -1.04. The van der Waals surface area contributed by atoms with E-state index in [1.165, 1.54) is 32.0 Å². The number of hydrogen-bond donors (Lipinski definition) is 0. The van der Waals surface area contributed by atoms with Crippen LogP contribution >= 0.6 is 0 Å². The first-order valence-corrected chi connectivity index (χ1v) is 6.23. The zero-order valence-corrected chi connectivity index (χ0v) is 11.6. The number of hydrogen-bond acceptors (Lipinski definition) is 4. The molecule has 0 aliphatic carbocycles. The molecule has 0 amide bonds. The van der Waals surface area contributed by atoms with Gasteiger partial charge in [-0.1, -0.05) is 18.2 Å². The molecule has 2 aromatic rings. The Hall–Kier alpha value is -2.69. The van der Waals surface area contributed by atoms with Crippen LogP contribution in [0.4, 0.5) is 4.39 Å². The average Bonchev–Trinajstić information content (AvgIpc) is 2.40. The minimum absolute atomic E-state index is 0.198. The number of para-hydroxylation sites is 1. The smallest absolute Gasteiger partial charge is 0.308 e. The number of carbonyl (C=O) groups is 2. The van der Waals surface area contributed by atoms with Gasteiger partial charge < -0.3 is 9.47 Å². The van der Waals surface area contributed by atoms with E-state index in [1.807, 2.05) is 0 Å². The highest BCUT2D eigenvalue weighted by Gasteiger charge is 2.15. The Bertz CT molecular complexity index is 694. The molecule has 0 heterocycles. The van der Waals surface area contributed by atoms with Crippen LogP contribution in [0.5, 0.6) is 11.5 Å². The molecule has 0 saturated carbocycles. The number of ether oxygens (including phenoxy) is 2. The molecule has 0 radical (unpaired) electrons. The van der Waals surface area contributed by atoms with Crippen molar-refractivity contribution < 1.29 is 23.5 Å². The molecule has 0 aliphatic rings. The van der Waals surface area contributed by atoms with Crippen LogP contribution in [0.3, 0.4) is 0 Å². The second-order valence-corrected chi connectivity index (χ2v) is 4.32. The van der Waals surface area contributed by atoms with Crippen LogP contribution < -0.4 is 9.47 Å². The molecule has 2 aromatic carbocycles. The Labute approximate surface area is 121 Å². The zero-order chi connectivity index (χ0) is 15.4. The third-order valence-electron chi connectivity index (χ3n) is 2.63. The van der Waals surface area contributed by atoms with Gasteiger partial charge in [-0.2, -0.15) is 0 Å². The van der Waals surface area contributed by atoms with Gasteiger partial charge in [0.05, 0.1) is 0 Å². The first-order valence-electron chi connectivity index (χ1n) is 6.23. The quantitative estimate of drug-likeness (QED) is 0.642. The monoisotopic (exact) mass is 288 g/mol. The van der Waals surface area contributed by atoms with Crippen LogP contribution in [-0.2, 0) is 9.59 Å². The van der Waals surface area contributed by atoms with Crippen molar-refractivity contribution in [2.24, 2.45) is 0 Å². The number of benzene rings is 2. The molecule has 0 saturated heterocycles. The molecule has 21 heavy (non-hydrogen) atoms. The normalized spacial score (nSPS) is 10.0. The molecule has 0 N–H and O–H groups in total. The maximum absolute atomic E-state index is 13.5. The lowest BCUT2D eigenvalue weighted by atomic mass is 10.0. The lowest BCUT2D eigenvalue weighted by molar-refractivity contribution is -0.132. The minimum Gasteiger partial charge on any atom is -0.426 e. The molecule has 4 nitrogen and oxygen atoms in total. The molecule has 108 valence electrons. The van der Waals surface area contributed by atoms with Gasteiger partial charge in [-0.3, -0.25) is 9.59 Å². The van der Waals surface area contributed by atoms with Gasteiger partial charge in [0.15, 0.2) is 0 Å². The van der Waals surface area contributed by atoms with Crippen molar-refractivity contribution in [3.8, 4) is 22.6 Å². The van der Waals surface area contributed by atoms with Crippen molar-refractivity contribution >= 4 is 11.9 Å². The third-order valence-corrected chi connectivity index (χ3v) is 2.63. The van der Waals surface area contributed by atoms with E-state index in [0.29, 0.717) is 11.1 Å². The fourth-order valence-corrected chi connectivity index (χ4v) is 1.89. The molecule has 0 aliphatic heterocycles. The maximum Gasteiger partial charge on any atom is 0.308 e. The van der Waals surface area contributed by atoms with Crippen molar-refractivity contribution in [2.75, 3.05) is 0 Å². The van der Waals surface area contributed by atoms with Crippen molar-refractivity contribution in [2.45, 2.75) is 13.8 Å². The standard InChI is InChI=1S/C16H13FO4/c1-10(18)20-15-6-4-3-5-13(15)14-9-12(17)7-8-16(14)21-11(2)19/h3-9H,1-2H3. The summed E-state index contributed by atoms with van der Waals surface area (Å²) in [5.41, 5.74) is 0.797. The van der Waals surface area contributed by atoms with Crippen LogP contribution in [0, 0.1) is 5.82 Å². The van der Waals surface area contributed by atoms with E-state index in [0.717, 1.165) is 0 Å². The van der Waals surface area contributed by atoms with Gasteiger partial charge in [0.2, 0.25) is 0 Å². The fourth-order valence-electron chi connectivity index (χ4n) is 1.89. The van der Waals surface area contributed by atoms with Crippen LogP contribution in [0.25, 0.3) is 11.1 Å². The largest absolute Gasteiger partial charge is 0.426 e. The van der Waals surface area contributed by atoms with Gasteiger partial charge in [0, 0.05) is 25.0 Å². The highest BCUT2D eigenvalue weighted by Crippen LogP contribution is 2.37. The average molecular weight is 288 g/mol. The predicted octanol–water partition coefficient (Wildman–Crippen LogP) is 3.34. The SMILES string of the molecule is CC(=O)Oc1ccccc1-c1cc(F)ccc1OC(C)=O. The summed E-state index contributed by atoms with van der Waals surface area (Å²) in [4.78, 5) is 22.3. The number of rotatable bonds is 3. The van der Waals surface area contributed by atoms with Gasteiger partial charge in [-0.15, -0.1) is 0 Å². The third kappa shape index (κ3) is 3.66. The van der Waals surface area contributed by atoms with E-state index in [2.05, 4.69) is 0 Å². The second kappa shape index (κ2) is 6.17. The van der Waals surface area contributed by atoms with Gasteiger partial charge >= 0.3 is 11.9 Å². The van der Waals surface area contributed by atoms with Crippen LogP contribution in [-0.4, -0.2) is 11.9 Å². The van der Waals surface area contributed by atoms with Crippen LogP contribution in [0.2, 0.25) is 0 Å². The Morgan fingerprint density at radius 2 is 1.43 bits per heavy atom. The molecule has 0 fully saturated rings. The van der Waals surface area contributed by atoms with Crippen LogP contribution in [0.15, 0.2) is 42.5 Å². The zero-order valence-electron chi connectivity index (χ0n) is 11.6. The first kappa shape index (κ1) is 14.7. The molecule has 0 unspecified atom stereocenters. The van der Waals surface area contributed by atoms with E-state index in [9.17, 15) is 14.0 Å². The summed E-state index contributed by atoms with van der Waals surface area (Å²) in [6.45, 7) is 2.53. The molecule has 0 atom stereocenters. The van der Waals surface area contributed by atoms with Crippen molar-refractivity contribution in [1.29, 1.82) is 0 Å². The molecule has 0 bridgehead atoms. The second-order valence-electron chi connectivity index (χ2n) is 4.32. The Morgan fingerprint density at radius 3 is 2.05 bits per heavy atom. The summed E-state index contributed by atoms with van der Waals surface area (Å²) in [6.07, 6.45) is 0. The molecular weight excluding hydrogens is 275 g/mol. The topological polar surface area (TPSA) is 52.6 Å². The number of esters is 2. The van der Waals surface area contributed by atoms with Crippen molar-refractivity contribution in [3.05, 3.63) is 48.3 Å². The summed E-state index contributed by atoms with van der Waals surface area (Å²) in [6, 6.07) is 10.4. The molecule has 5 heteroatoms. The fraction of sp³-hybridized carbons (Fsp3) is 0.125. The Kier molecular flexibility index (Phi) is 4.33. The van der Waals surface area contributed by atoms with Gasteiger partial charge in [-0.25, -0.2) is 4.39 Å². The molecule has 0 spiro atoms. The van der Waals surface area contributed by atoms with E-state index in [-0.39, 0.29) is 11.5 Å². The lowest BCUT2D eigenvalue weighted by Gasteiger charge is -2.12. The summed E-state index contributed by atoms with van der Waals surface area (Å²) in [5, 5.41) is 0. The predicted molar refractivity (Wildman–Crippen MR) is 74.5 cm³/mol. The van der Waals surface area contributed by atoms with E-state index < -0.39 is 17.8 Å². The van der Waals surface area contributed by atoms with E-state index in [1.54, 1.807) is 24.3 Å². The minimum atomic E-state index is -0.521. The Morgan fingerprint density at radius 1 is 0.857 bits per heavy atom. The molecule has 2 rings (SSSR count). The molecular formula is C16H13FO4. The first-order chi connectivity index (χ1) is 9.97. The highest BCUT2D eigenvalue weighted by molar-refractivity contribution is 5.81. The maximum atomic E-state index is 13.5. The lowest BCUT2D eigenvalue weighted by Crippen LogP contribution is -2.05. The summed E-state index contributed by atoms with van der Waals surface area (Å²) < 4.78 is 23.7. The Balaban J connectivity index is 2.57. The van der Waals surface area contributed by atoms with Gasteiger partial charge in [-0.05, 0) is 24.3 Å². The van der Waals surface area contributed by atoms with Gasteiger partial charge in [0.25, 0.3) is 0 Å². The summed E-state index contributed by atoms with van der Waals surface area (Å²) in [7, 11) is 0. The molecule has 0 aromatic heterocycles.